The molecule has 0 unspecified atom stereocenters. The summed E-state index contributed by atoms with van der Waals surface area (Å²) in [7, 11) is -2.18. The maximum absolute atomic E-state index is 10.9. The summed E-state index contributed by atoms with van der Waals surface area (Å²) < 4.78 is 20.8. The van der Waals surface area contributed by atoms with Gasteiger partial charge < -0.3 is 9.05 Å². The first-order chi connectivity index (χ1) is 10.7. The van der Waals surface area contributed by atoms with Crippen LogP contribution in [0.25, 0.3) is 0 Å². The molecule has 0 fully saturated rings. The molecule has 3 nitrogen and oxygen atoms in total. The second-order valence-electron chi connectivity index (χ2n) is 5.78. The Hall–Kier alpha value is 0.150. The van der Waals surface area contributed by atoms with Crippen LogP contribution in [0.1, 0.15) is 105 Å². The van der Waals surface area contributed by atoms with Gasteiger partial charge in [0.15, 0.2) is 0 Å². The van der Waals surface area contributed by atoms with E-state index >= 15 is 0 Å². The van der Waals surface area contributed by atoms with Crippen molar-refractivity contribution in [2.24, 2.45) is 0 Å². The predicted molar refractivity (Wildman–Crippen MR) is 99.0 cm³/mol. The van der Waals surface area contributed by atoms with Gasteiger partial charge in [-0.3, -0.25) is 4.57 Å². The van der Waals surface area contributed by atoms with Crippen molar-refractivity contribution >= 4 is 8.25 Å². The maximum Gasteiger partial charge on any atom is 0.319 e. The lowest BCUT2D eigenvalue weighted by Gasteiger charge is -2.03. The van der Waals surface area contributed by atoms with Crippen molar-refractivity contribution in [3.8, 4) is 0 Å². The quantitative estimate of drug-likeness (QED) is 0.235. The Balaban J connectivity index is 0. The third kappa shape index (κ3) is 25.1. The average Bonchev–Trinajstić information content (AvgIpc) is 2.52. The van der Waals surface area contributed by atoms with Crippen molar-refractivity contribution in [1.29, 1.82) is 0 Å². The maximum atomic E-state index is 10.9. The van der Waals surface area contributed by atoms with E-state index < -0.39 is 8.25 Å². The minimum atomic E-state index is -2.18. The third-order valence-corrected chi connectivity index (χ3v) is 4.27. The highest BCUT2D eigenvalue weighted by Gasteiger charge is 1.97. The Kier molecular flexibility index (Phi) is 26.0. The van der Waals surface area contributed by atoms with Crippen molar-refractivity contribution in [3.63, 3.8) is 0 Å². The summed E-state index contributed by atoms with van der Waals surface area (Å²) in [5, 5.41) is 0. The van der Waals surface area contributed by atoms with Crippen LogP contribution in [0.2, 0.25) is 0 Å². The Labute approximate surface area is 140 Å². The molecule has 0 aromatic heterocycles. The van der Waals surface area contributed by atoms with Gasteiger partial charge in [0.05, 0.1) is 13.2 Å². The van der Waals surface area contributed by atoms with E-state index in [2.05, 4.69) is 27.7 Å². The normalized spacial score (nSPS) is 10.6. The summed E-state index contributed by atoms with van der Waals surface area (Å²) in [6.07, 6.45) is 15.5. The van der Waals surface area contributed by atoms with Crippen LogP contribution in [-0.2, 0) is 13.6 Å². The molecule has 0 rings (SSSR count). The minimum Gasteiger partial charge on any atom is -0.311 e. The standard InChI is InChI=1S/C10H22.C8H19O3P/c1-3-5-7-9-10-8-6-4-2;1-3-5-7-10-12(9)11-8-6-4-2/h3-10H2,1-2H3;12H,3-8H2,1-2H3. The molecule has 0 heterocycles. The van der Waals surface area contributed by atoms with E-state index in [1.54, 1.807) is 0 Å². The van der Waals surface area contributed by atoms with Gasteiger partial charge in [0.25, 0.3) is 0 Å². The van der Waals surface area contributed by atoms with E-state index in [-0.39, 0.29) is 0 Å². The monoisotopic (exact) mass is 336 g/mol. The van der Waals surface area contributed by atoms with E-state index in [0.29, 0.717) is 13.2 Å². The zero-order valence-electron chi connectivity index (χ0n) is 15.6. The molecule has 0 aliphatic rings. The smallest absolute Gasteiger partial charge is 0.311 e. The van der Waals surface area contributed by atoms with Gasteiger partial charge in [-0.25, -0.2) is 0 Å². The Morgan fingerprint density at radius 2 is 0.864 bits per heavy atom. The second-order valence-corrected chi connectivity index (χ2v) is 6.85. The molecule has 0 saturated heterocycles. The SMILES string of the molecule is CCCCCCCCCC.CCCCO[PH](=O)OCCCC. The molecule has 0 bridgehead atoms. The van der Waals surface area contributed by atoms with Crippen LogP contribution in [0.15, 0.2) is 0 Å². The fourth-order valence-electron chi connectivity index (χ4n) is 1.85. The van der Waals surface area contributed by atoms with Crippen molar-refractivity contribution in [2.75, 3.05) is 13.2 Å². The molecule has 0 aliphatic heterocycles. The van der Waals surface area contributed by atoms with Crippen LogP contribution in [0.3, 0.4) is 0 Å². The summed E-state index contributed by atoms with van der Waals surface area (Å²) in [5.41, 5.74) is 0. The van der Waals surface area contributed by atoms with Crippen LogP contribution in [-0.4, -0.2) is 13.2 Å². The van der Waals surface area contributed by atoms with E-state index in [9.17, 15) is 4.57 Å². The summed E-state index contributed by atoms with van der Waals surface area (Å²) in [6.45, 7) is 9.79. The van der Waals surface area contributed by atoms with E-state index in [1.165, 1.54) is 51.4 Å². The molecule has 0 amide bonds. The predicted octanol–water partition coefficient (Wildman–Crippen LogP) is 7.16. The average molecular weight is 336 g/mol. The fraction of sp³-hybridized carbons (Fsp3) is 1.00. The summed E-state index contributed by atoms with van der Waals surface area (Å²) >= 11 is 0. The molecule has 0 aromatic carbocycles. The number of rotatable bonds is 15. The molecule has 0 radical (unpaired) electrons. The van der Waals surface area contributed by atoms with Gasteiger partial charge >= 0.3 is 8.25 Å². The minimum absolute atomic E-state index is 0.556. The lowest BCUT2D eigenvalue weighted by Crippen LogP contribution is -1.90. The molecule has 136 valence electrons. The first kappa shape index (κ1) is 24.4. The molecule has 0 saturated carbocycles. The van der Waals surface area contributed by atoms with E-state index in [4.69, 9.17) is 9.05 Å². The summed E-state index contributed by atoms with van der Waals surface area (Å²) in [4.78, 5) is 0. The molecule has 0 N–H and O–H groups in total. The van der Waals surface area contributed by atoms with Crippen LogP contribution in [0.5, 0.6) is 0 Å². The van der Waals surface area contributed by atoms with Gasteiger partial charge in [0, 0.05) is 0 Å². The van der Waals surface area contributed by atoms with Crippen molar-refractivity contribution in [2.45, 2.75) is 105 Å². The van der Waals surface area contributed by atoms with Gasteiger partial charge in [-0.2, -0.15) is 0 Å². The Morgan fingerprint density at radius 3 is 1.18 bits per heavy atom. The zero-order chi connectivity index (χ0) is 16.9. The van der Waals surface area contributed by atoms with Gasteiger partial charge in [0.2, 0.25) is 0 Å². The molecule has 0 aromatic rings. The highest BCUT2D eigenvalue weighted by atomic mass is 31.1. The molecule has 4 heteroatoms. The molecular weight excluding hydrogens is 295 g/mol. The van der Waals surface area contributed by atoms with Crippen molar-refractivity contribution in [1.82, 2.24) is 0 Å². The van der Waals surface area contributed by atoms with E-state index in [1.807, 2.05) is 0 Å². The number of unbranched alkanes of at least 4 members (excludes halogenated alkanes) is 9. The number of hydrogen-bond acceptors (Lipinski definition) is 3. The molecule has 22 heavy (non-hydrogen) atoms. The van der Waals surface area contributed by atoms with Gasteiger partial charge in [-0.15, -0.1) is 0 Å². The van der Waals surface area contributed by atoms with Crippen molar-refractivity contribution in [3.05, 3.63) is 0 Å². The number of hydrogen-bond donors (Lipinski definition) is 0. The van der Waals surface area contributed by atoms with Crippen LogP contribution >= 0.6 is 8.25 Å². The third-order valence-electron chi connectivity index (χ3n) is 3.39. The van der Waals surface area contributed by atoms with Gasteiger partial charge in [0.1, 0.15) is 0 Å². The Morgan fingerprint density at radius 1 is 0.545 bits per heavy atom. The zero-order valence-corrected chi connectivity index (χ0v) is 16.6. The lowest BCUT2D eigenvalue weighted by atomic mass is 10.1. The summed E-state index contributed by atoms with van der Waals surface area (Å²) in [5.74, 6) is 0. The fourth-order valence-corrected chi connectivity index (χ4v) is 2.55. The van der Waals surface area contributed by atoms with Gasteiger partial charge in [-0.1, -0.05) is 91.9 Å². The largest absolute Gasteiger partial charge is 0.319 e. The highest BCUT2D eigenvalue weighted by Crippen LogP contribution is 2.24. The topological polar surface area (TPSA) is 35.5 Å². The van der Waals surface area contributed by atoms with Crippen LogP contribution in [0, 0.1) is 0 Å². The van der Waals surface area contributed by atoms with Crippen molar-refractivity contribution < 1.29 is 13.6 Å². The molecular formula is C18H41O3P. The Bertz CT molecular complexity index is 191. The first-order valence-electron chi connectivity index (χ1n) is 9.52. The lowest BCUT2D eigenvalue weighted by molar-refractivity contribution is 0.221. The molecule has 0 aliphatic carbocycles. The highest BCUT2D eigenvalue weighted by molar-refractivity contribution is 7.33. The molecule has 0 spiro atoms. The molecule has 0 atom stereocenters. The first-order valence-corrected chi connectivity index (χ1v) is 10.7. The second kappa shape index (κ2) is 23.4. The van der Waals surface area contributed by atoms with Gasteiger partial charge in [-0.05, 0) is 12.8 Å². The summed E-state index contributed by atoms with van der Waals surface area (Å²) in [6, 6.07) is 0. The van der Waals surface area contributed by atoms with Crippen LogP contribution < -0.4 is 0 Å². The van der Waals surface area contributed by atoms with E-state index in [0.717, 1.165) is 25.7 Å². The van der Waals surface area contributed by atoms with Crippen LogP contribution in [0.4, 0.5) is 0 Å².